The smallest absolute Gasteiger partial charge is 0.245 e. The van der Waals surface area contributed by atoms with Gasteiger partial charge in [0.05, 0.1) is 12.1 Å². The molecule has 0 aliphatic carbocycles. The molecule has 1 aromatic heterocycles. The lowest BCUT2D eigenvalue weighted by Gasteiger charge is -2.34. The third-order valence-corrected chi connectivity index (χ3v) is 2.62. The molecule has 5 nitrogen and oxygen atoms in total. The van der Waals surface area contributed by atoms with E-state index in [0.29, 0.717) is 5.82 Å². The van der Waals surface area contributed by atoms with Crippen LogP contribution in [0.4, 0.5) is 5.82 Å². The van der Waals surface area contributed by atoms with Crippen LogP contribution in [0, 0.1) is 0 Å². The SMILES string of the molecule is CN(c1nc(Cl)nnc1Cl)C(C)(C)CO. The Morgan fingerprint density at radius 1 is 1.33 bits per heavy atom. The van der Waals surface area contributed by atoms with Crippen molar-refractivity contribution < 1.29 is 5.11 Å². The van der Waals surface area contributed by atoms with Gasteiger partial charge in [-0.3, -0.25) is 0 Å². The average Bonchev–Trinajstić information content (AvgIpc) is 2.20. The second-order valence-corrected chi connectivity index (χ2v) is 4.42. The molecule has 0 saturated carbocycles. The number of aromatic nitrogens is 3. The zero-order chi connectivity index (χ0) is 11.6. The van der Waals surface area contributed by atoms with E-state index in [-0.39, 0.29) is 17.0 Å². The van der Waals surface area contributed by atoms with Gasteiger partial charge in [-0.1, -0.05) is 11.6 Å². The van der Waals surface area contributed by atoms with Crippen LogP contribution >= 0.6 is 23.2 Å². The van der Waals surface area contributed by atoms with Crippen molar-refractivity contribution in [3.63, 3.8) is 0 Å². The summed E-state index contributed by atoms with van der Waals surface area (Å²) < 4.78 is 0. The van der Waals surface area contributed by atoms with Gasteiger partial charge in [-0.15, -0.1) is 10.2 Å². The molecule has 0 aliphatic rings. The molecule has 15 heavy (non-hydrogen) atoms. The number of hydrogen-bond donors (Lipinski definition) is 1. The van der Waals surface area contributed by atoms with Crippen molar-refractivity contribution in [3.05, 3.63) is 10.4 Å². The maximum atomic E-state index is 9.20. The summed E-state index contributed by atoms with van der Waals surface area (Å²) in [4.78, 5) is 5.67. The lowest BCUT2D eigenvalue weighted by molar-refractivity contribution is 0.215. The molecule has 0 radical (unpaired) electrons. The Morgan fingerprint density at radius 3 is 2.47 bits per heavy atom. The fourth-order valence-electron chi connectivity index (χ4n) is 0.892. The summed E-state index contributed by atoms with van der Waals surface area (Å²) in [5.41, 5.74) is -0.497. The molecule has 1 heterocycles. The van der Waals surface area contributed by atoms with Crippen molar-refractivity contribution in [3.8, 4) is 0 Å². The Balaban J connectivity index is 3.10. The Kier molecular flexibility index (Phi) is 3.70. The first kappa shape index (κ1) is 12.4. The fourth-order valence-corrected chi connectivity index (χ4v) is 1.22. The second-order valence-electron chi connectivity index (χ2n) is 3.72. The van der Waals surface area contributed by atoms with Crippen LogP contribution in [0.3, 0.4) is 0 Å². The van der Waals surface area contributed by atoms with E-state index in [1.54, 1.807) is 11.9 Å². The van der Waals surface area contributed by atoms with Crippen molar-refractivity contribution in [2.45, 2.75) is 19.4 Å². The normalized spacial score (nSPS) is 11.6. The van der Waals surface area contributed by atoms with E-state index in [1.807, 2.05) is 13.8 Å². The molecular weight excluding hydrogens is 239 g/mol. The Morgan fingerprint density at radius 2 is 1.93 bits per heavy atom. The van der Waals surface area contributed by atoms with Crippen molar-refractivity contribution >= 4 is 29.0 Å². The summed E-state index contributed by atoms with van der Waals surface area (Å²) in [7, 11) is 1.75. The molecule has 0 aromatic carbocycles. The summed E-state index contributed by atoms with van der Waals surface area (Å²) >= 11 is 11.5. The number of likely N-dealkylation sites (N-methyl/N-ethyl adjacent to an activating group) is 1. The Hall–Kier alpha value is -0.650. The van der Waals surface area contributed by atoms with Crippen LogP contribution in [-0.2, 0) is 0 Å². The number of anilines is 1. The van der Waals surface area contributed by atoms with Gasteiger partial charge in [-0.2, -0.15) is 4.98 Å². The number of halogens is 2. The molecule has 0 unspecified atom stereocenters. The molecule has 0 fully saturated rings. The van der Waals surface area contributed by atoms with E-state index in [4.69, 9.17) is 23.2 Å². The van der Waals surface area contributed by atoms with Crippen LogP contribution in [0.15, 0.2) is 0 Å². The molecular formula is C8H12Cl2N4O. The van der Waals surface area contributed by atoms with Gasteiger partial charge in [0.1, 0.15) is 0 Å². The average molecular weight is 251 g/mol. The minimum atomic E-state index is -0.497. The maximum absolute atomic E-state index is 9.20. The van der Waals surface area contributed by atoms with Gasteiger partial charge in [0.25, 0.3) is 0 Å². The first-order chi connectivity index (χ1) is 6.88. The molecule has 0 saturated heterocycles. The summed E-state index contributed by atoms with van der Waals surface area (Å²) in [6, 6.07) is 0. The van der Waals surface area contributed by atoms with Crippen LogP contribution in [0.25, 0.3) is 0 Å². The first-order valence-corrected chi connectivity index (χ1v) is 5.04. The van der Waals surface area contributed by atoms with Gasteiger partial charge in [-0.25, -0.2) is 0 Å². The predicted octanol–water partition coefficient (Wildman–Crippen LogP) is 1.39. The first-order valence-electron chi connectivity index (χ1n) is 4.29. The number of hydrogen-bond acceptors (Lipinski definition) is 5. The number of aliphatic hydroxyl groups excluding tert-OH is 1. The standard InChI is InChI=1S/C8H12Cl2N4O/c1-8(2,4-15)14(3)6-5(9)12-13-7(10)11-6/h15H,4H2,1-3H3. The zero-order valence-electron chi connectivity index (χ0n) is 8.70. The van der Waals surface area contributed by atoms with E-state index in [1.165, 1.54) is 0 Å². The molecule has 0 bridgehead atoms. The number of rotatable bonds is 3. The molecule has 0 amide bonds. The van der Waals surface area contributed by atoms with E-state index >= 15 is 0 Å². The van der Waals surface area contributed by atoms with Crippen LogP contribution in [-0.4, -0.2) is 39.5 Å². The monoisotopic (exact) mass is 250 g/mol. The highest BCUT2D eigenvalue weighted by atomic mass is 35.5. The van der Waals surface area contributed by atoms with Gasteiger partial charge in [0.15, 0.2) is 11.0 Å². The highest BCUT2D eigenvalue weighted by Crippen LogP contribution is 2.26. The second kappa shape index (κ2) is 4.47. The van der Waals surface area contributed by atoms with Gasteiger partial charge in [-0.05, 0) is 25.4 Å². The molecule has 7 heteroatoms. The lowest BCUT2D eigenvalue weighted by atomic mass is 10.1. The van der Waals surface area contributed by atoms with E-state index in [2.05, 4.69) is 15.2 Å². The van der Waals surface area contributed by atoms with Crippen molar-refractivity contribution in [1.29, 1.82) is 0 Å². The lowest BCUT2D eigenvalue weighted by Crippen LogP contribution is -2.45. The highest BCUT2D eigenvalue weighted by molar-refractivity contribution is 6.32. The Bertz CT molecular complexity index is 358. The van der Waals surface area contributed by atoms with Gasteiger partial charge >= 0.3 is 0 Å². The molecule has 0 atom stereocenters. The fraction of sp³-hybridized carbons (Fsp3) is 0.625. The summed E-state index contributed by atoms with van der Waals surface area (Å²) in [6.07, 6.45) is 0. The Labute approximate surface area is 98.0 Å². The molecule has 1 rings (SSSR count). The third-order valence-electron chi connectivity index (χ3n) is 2.22. The van der Waals surface area contributed by atoms with Crippen LogP contribution < -0.4 is 4.90 Å². The molecule has 0 spiro atoms. The van der Waals surface area contributed by atoms with E-state index in [9.17, 15) is 5.11 Å². The van der Waals surface area contributed by atoms with Crippen molar-refractivity contribution in [2.75, 3.05) is 18.6 Å². The quantitative estimate of drug-likeness (QED) is 0.879. The predicted molar refractivity (Wildman–Crippen MR) is 59.4 cm³/mol. The van der Waals surface area contributed by atoms with Crippen LogP contribution in [0.5, 0.6) is 0 Å². The van der Waals surface area contributed by atoms with Crippen LogP contribution in [0.1, 0.15) is 13.8 Å². The summed E-state index contributed by atoms with van der Waals surface area (Å²) in [5.74, 6) is 0.399. The van der Waals surface area contributed by atoms with E-state index < -0.39 is 5.54 Å². The molecule has 84 valence electrons. The third kappa shape index (κ3) is 2.68. The minimum absolute atomic E-state index is 0.0231. The summed E-state index contributed by atoms with van der Waals surface area (Å²) in [6.45, 7) is 3.65. The highest BCUT2D eigenvalue weighted by Gasteiger charge is 2.26. The van der Waals surface area contributed by atoms with Gasteiger partial charge in [0, 0.05) is 7.05 Å². The summed E-state index contributed by atoms with van der Waals surface area (Å²) in [5, 5.41) is 16.5. The van der Waals surface area contributed by atoms with Gasteiger partial charge in [0.2, 0.25) is 5.28 Å². The van der Waals surface area contributed by atoms with Gasteiger partial charge < -0.3 is 10.0 Å². The minimum Gasteiger partial charge on any atom is -0.394 e. The van der Waals surface area contributed by atoms with Crippen LogP contribution in [0.2, 0.25) is 10.4 Å². The number of aliphatic hydroxyl groups is 1. The largest absolute Gasteiger partial charge is 0.394 e. The topological polar surface area (TPSA) is 62.1 Å². The zero-order valence-corrected chi connectivity index (χ0v) is 10.2. The molecule has 0 aliphatic heterocycles. The molecule has 1 N–H and O–H groups in total. The van der Waals surface area contributed by atoms with E-state index in [0.717, 1.165) is 0 Å². The number of nitrogens with zero attached hydrogens (tertiary/aromatic N) is 4. The van der Waals surface area contributed by atoms with Crippen molar-refractivity contribution in [2.24, 2.45) is 0 Å². The molecule has 1 aromatic rings. The van der Waals surface area contributed by atoms with Crippen molar-refractivity contribution in [1.82, 2.24) is 15.2 Å². The maximum Gasteiger partial charge on any atom is 0.245 e.